The lowest BCUT2D eigenvalue weighted by molar-refractivity contribution is 0.417. The number of para-hydroxylation sites is 3. The smallest absolute Gasteiger partial charge is 0.142 e. The van der Waals surface area contributed by atoms with Gasteiger partial charge in [0.15, 0.2) is 0 Å². The summed E-state index contributed by atoms with van der Waals surface area (Å²) in [6.07, 6.45) is 0. The molecular formula is C13H14ClNO. The normalized spacial score (nSPS) is 9.06. The predicted molar refractivity (Wildman–Crippen MR) is 70.0 cm³/mol. The van der Waals surface area contributed by atoms with Crippen LogP contribution in [0.2, 0.25) is 0 Å². The van der Waals surface area contributed by atoms with Crippen molar-refractivity contribution in [2.45, 2.75) is 0 Å². The van der Waals surface area contributed by atoms with E-state index in [9.17, 15) is 0 Å². The third-order valence-electron chi connectivity index (χ3n) is 2.16. The van der Waals surface area contributed by atoms with Gasteiger partial charge in [-0.1, -0.05) is 30.3 Å². The average Bonchev–Trinajstić information content (AvgIpc) is 2.31. The highest BCUT2D eigenvalue weighted by Crippen LogP contribution is 2.26. The number of hydrogen-bond acceptors (Lipinski definition) is 2. The van der Waals surface area contributed by atoms with Gasteiger partial charge in [-0.15, -0.1) is 12.4 Å². The van der Waals surface area contributed by atoms with E-state index in [1.54, 1.807) is 7.11 Å². The van der Waals surface area contributed by atoms with Gasteiger partial charge in [0.25, 0.3) is 0 Å². The molecule has 0 atom stereocenters. The summed E-state index contributed by atoms with van der Waals surface area (Å²) in [6.45, 7) is 0. The van der Waals surface area contributed by atoms with Gasteiger partial charge in [0, 0.05) is 5.69 Å². The highest BCUT2D eigenvalue weighted by Gasteiger charge is 2.00. The molecule has 0 aliphatic carbocycles. The van der Waals surface area contributed by atoms with Gasteiger partial charge < -0.3 is 10.1 Å². The molecule has 0 amide bonds. The number of nitrogens with one attached hydrogen (secondary N) is 1. The van der Waals surface area contributed by atoms with Crippen molar-refractivity contribution in [1.82, 2.24) is 0 Å². The van der Waals surface area contributed by atoms with Crippen molar-refractivity contribution in [3.63, 3.8) is 0 Å². The number of methoxy groups -OCH3 is 1. The molecule has 0 aliphatic rings. The summed E-state index contributed by atoms with van der Waals surface area (Å²) in [5.74, 6) is 0.848. The molecule has 0 bridgehead atoms. The molecule has 2 aromatic carbocycles. The molecule has 2 aromatic rings. The maximum atomic E-state index is 5.26. The molecule has 0 fully saturated rings. The van der Waals surface area contributed by atoms with E-state index in [1.807, 2.05) is 54.6 Å². The summed E-state index contributed by atoms with van der Waals surface area (Å²) < 4.78 is 5.26. The maximum Gasteiger partial charge on any atom is 0.142 e. The van der Waals surface area contributed by atoms with Crippen molar-refractivity contribution < 1.29 is 4.74 Å². The molecule has 16 heavy (non-hydrogen) atoms. The summed E-state index contributed by atoms with van der Waals surface area (Å²) in [7, 11) is 1.67. The van der Waals surface area contributed by atoms with Crippen LogP contribution in [0.15, 0.2) is 54.6 Å². The fourth-order valence-corrected chi connectivity index (χ4v) is 1.42. The minimum atomic E-state index is 0. The third kappa shape index (κ3) is 2.91. The van der Waals surface area contributed by atoms with E-state index in [-0.39, 0.29) is 12.4 Å². The highest BCUT2D eigenvalue weighted by molar-refractivity contribution is 5.85. The molecule has 0 aromatic heterocycles. The topological polar surface area (TPSA) is 21.3 Å². The Morgan fingerprint density at radius 2 is 1.50 bits per heavy atom. The standard InChI is InChI=1S/C13H13NO.ClH/c1-15-13-10-6-5-9-12(13)14-11-7-3-2-4-8-11;/h2-10,14H,1H3;1H. The Hall–Kier alpha value is -1.67. The highest BCUT2D eigenvalue weighted by atomic mass is 35.5. The molecule has 0 saturated heterocycles. The minimum Gasteiger partial charge on any atom is -0.495 e. The SMILES string of the molecule is COc1ccccc1Nc1ccccc1.Cl. The van der Waals surface area contributed by atoms with E-state index in [4.69, 9.17) is 4.74 Å². The number of hydrogen-bond donors (Lipinski definition) is 1. The Morgan fingerprint density at radius 1 is 0.875 bits per heavy atom. The second kappa shape index (κ2) is 6.03. The van der Waals surface area contributed by atoms with Crippen LogP contribution in [0.5, 0.6) is 5.75 Å². The van der Waals surface area contributed by atoms with Crippen LogP contribution in [0.4, 0.5) is 11.4 Å². The van der Waals surface area contributed by atoms with Crippen molar-refractivity contribution >= 4 is 23.8 Å². The second-order valence-corrected chi connectivity index (χ2v) is 3.19. The van der Waals surface area contributed by atoms with Crippen molar-refractivity contribution in [1.29, 1.82) is 0 Å². The van der Waals surface area contributed by atoms with E-state index in [0.717, 1.165) is 17.1 Å². The first kappa shape index (κ1) is 12.4. The Labute approximate surface area is 102 Å². The van der Waals surface area contributed by atoms with Crippen molar-refractivity contribution in [2.24, 2.45) is 0 Å². The van der Waals surface area contributed by atoms with Gasteiger partial charge in [0.1, 0.15) is 5.75 Å². The van der Waals surface area contributed by atoms with E-state index in [1.165, 1.54) is 0 Å². The first-order valence-electron chi connectivity index (χ1n) is 4.85. The van der Waals surface area contributed by atoms with Crippen LogP contribution in [0.25, 0.3) is 0 Å². The van der Waals surface area contributed by atoms with Crippen LogP contribution >= 0.6 is 12.4 Å². The van der Waals surface area contributed by atoms with Crippen LogP contribution in [-0.2, 0) is 0 Å². The molecule has 0 radical (unpaired) electrons. The average molecular weight is 236 g/mol. The van der Waals surface area contributed by atoms with Gasteiger partial charge in [-0.05, 0) is 24.3 Å². The quantitative estimate of drug-likeness (QED) is 0.872. The molecule has 0 spiro atoms. The van der Waals surface area contributed by atoms with Gasteiger partial charge in [-0.25, -0.2) is 0 Å². The van der Waals surface area contributed by atoms with Crippen LogP contribution in [0, 0.1) is 0 Å². The van der Waals surface area contributed by atoms with E-state index in [0.29, 0.717) is 0 Å². The lowest BCUT2D eigenvalue weighted by atomic mass is 10.2. The molecule has 1 N–H and O–H groups in total. The van der Waals surface area contributed by atoms with E-state index in [2.05, 4.69) is 5.32 Å². The fraction of sp³-hybridized carbons (Fsp3) is 0.0769. The Kier molecular flexibility index (Phi) is 4.67. The number of halogens is 1. The zero-order chi connectivity index (χ0) is 10.5. The summed E-state index contributed by atoms with van der Waals surface area (Å²) in [4.78, 5) is 0. The minimum absolute atomic E-state index is 0. The fourth-order valence-electron chi connectivity index (χ4n) is 1.42. The van der Waals surface area contributed by atoms with Gasteiger partial charge in [0.05, 0.1) is 12.8 Å². The Bertz CT molecular complexity index is 431. The predicted octanol–water partition coefficient (Wildman–Crippen LogP) is 3.86. The van der Waals surface area contributed by atoms with Crippen LogP contribution in [-0.4, -0.2) is 7.11 Å². The van der Waals surface area contributed by atoms with E-state index >= 15 is 0 Å². The number of ether oxygens (including phenoxy) is 1. The van der Waals surface area contributed by atoms with Crippen LogP contribution < -0.4 is 10.1 Å². The lowest BCUT2D eigenvalue weighted by Crippen LogP contribution is -1.93. The van der Waals surface area contributed by atoms with Gasteiger partial charge in [-0.3, -0.25) is 0 Å². The second-order valence-electron chi connectivity index (χ2n) is 3.19. The summed E-state index contributed by atoms with van der Waals surface area (Å²) in [5.41, 5.74) is 2.04. The van der Waals surface area contributed by atoms with Gasteiger partial charge >= 0.3 is 0 Å². The molecule has 84 valence electrons. The zero-order valence-electron chi connectivity index (χ0n) is 9.01. The monoisotopic (exact) mass is 235 g/mol. The number of rotatable bonds is 3. The molecule has 0 heterocycles. The molecule has 0 unspecified atom stereocenters. The van der Waals surface area contributed by atoms with Crippen molar-refractivity contribution in [3.05, 3.63) is 54.6 Å². The summed E-state index contributed by atoms with van der Waals surface area (Å²) >= 11 is 0. The Morgan fingerprint density at radius 3 is 2.19 bits per heavy atom. The molecular weight excluding hydrogens is 222 g/mol. The summed E-state index contributed by atoms with van der Waals surface area (Å²) in [5, 5.41) is 3.30. The Balaban J connectivity index is 0.00000128. The molecule has 2 nitrogen and oxygen atoms in total. The zero-order valence-corrected chi connectivity index (χ0v) is 9.83. The lowest BCUT2D eigenvalue weighted by Gasteiger charge is -2.10. The van der Waals surface area contributed by atoms with Crippen LogP contribution in [0.1, 0.15) is 0 Å². The third-order valence-corrected chi connectivity index (χ3v) is 2.16. The number of benzene rings is 2. The van der Waals surface area contributed by atoms with E-state index < -0.39 is 0 Å². The molecule has 0 saturated carbocycles. The van der Waals surface area contributed by atoms with Crippen molar-refractivity contribution in [3.8, 4) is 5.75 Å². The van der Waals surface area contributed by atoms with Crippen molar-refractivity contribution in [2.75, 3.05) is 12.4 Å². The summed E-state index contributed by atoms with van der Waals surface area (Å²) in [6, 6.07) is 17.9. The largest absolute Gasteiger partial charge is 0.495 e. The van der Waals surface area contributed by atoms with Gasteiger partial charge in [0.2, 0.25) is 0 Å². The number of anilines is 2. The first-order chi connectivity index (χ1) is 7.40. The maximum absolute atomic E-state index is 5.26. The van der Waals surface area contributed by atoms with Gasteiger partial charge in [-0.2, -0.15) is 0 Å². The molecule has 2 rings (SSSR count). The molecule has 0 aliphatic heterocycles. The van der Waals surface area contributed by atoms with Crippen LogP contribution in [0.3, 0.4) is 0 Å². The first-order valence-corrected chi connectivity index (χ1v) is 4.85. The molecule has 3 heteroatoms.